The summed E-state index contributed by atoms with van der Waals surface area (Å²) in [6, 6.07) is 0.298. The second-order valence-electron chi connectivity index (χ2n) is 25.3. The number of Topliss-reactive ketones (excluding diaryl/α,β-unsaturated/α-hetero) is 1. The fraction of sp³-hybridized carbons (Fsp3) is 0.962. The zero-order chi connectivity index (χ0) is 41.6. The summed E-state index contributed by atoms with van der Waals surface area (Å²) in [5.41, 5.74) is -0.369. The van der Waals surface area contributed by atoms with E-state index in [2.05, 4.69) is 53.4 Å². The Hall–Kier alpha value is -1.02. The number of ketones is 1. The van der Waals surface area contributed by atoms with E-state index in [1.165, 1.54) is 38.5 Å². The molecule has 22 atom stereocenters. The predicted molar refractivity (Wildman–Crippen MR) is 230 cm³/mol. The van der Waals surface area contributed by atoms with Crippen molar-refractivity contribution in [3.8, 4) is 0 Å². The summed E-state index contributed by atoms with van der Waals surface area (Å²) in [6.07, 6.45) is 18.1. The fourth-order valence-electron chi connectivity index (χ4n) is 20.0. The maximum atomic E-state index is 14.2. The highest BCUT2D eigenvalue weighted by Gasteiger charge is 2.69. The number of rotatable bonds is 5. The van der Waals surface area contributed by atoms with Crippen LogP contribution in [0.1, 0.15) is 170 Å². The van der Waals surface area contributed by atoms with E-state index >= 15 is 0 Å². The lowest BCUT2D eigenvalue weighted by Crippen LogP contribution is -2.67. The summed E-state index contributed by atoms with van der Waals surface area (Å²) in [4.78, 5) is 30.6. The van der Waals surface area contributed by atoms with Crippen molar-refractivity contribution in [1.29, 1.82) is 0 Å². The predicted octanol–water partition coefficient (Wildman–Crippen LogP) is 9.23. The lowest BCUT2D eigenvalue weighted by molar-refractivity contribution is -0.214. The highest BCUT2D eigenvalue weighted by Crippen LogP contribution is 2.73. The Labute approximate surface area is 357 Å². The number of fused-ring (bicyclic) bond motifs is 13. The lowest BCUT2D eigenvalue weighted by Gasteiger charge is -2.67. The van der Waals surface area contributed by atoms with Gasteiger partial charge in [0.25, 0.3) is 0 Å². The summed E-state index contributed by atoms with van der Waals surface area (Å²) in [5.74, 6) is 6.45. The van der Waals surface area contributed by atoms with E-state index in [0.717, 1.165) is 77.3 Å². The molecule has 2 aliphatic heterocycles. The molecule has 0 aromatic carbocycles. The van der Waals surface area contributed by atoms with Crippen LogP contribution >= 0.6 is 0 Å². The van der Waals surface area contributed by atoms with Gasteiger partial charge in [0.05, 0.1) is 17.8 Å². The normalized spacial score (nSPS) is 57.2. The summed E-state index contributed by atoms with van der Waals surface area (Å²) in [5, 5.41) is 34.8. The van der Waals surface area contributed by atoms with Gasteiger partial charge in [0, 0.05) is 37.9 Å². The van der Waals surface area contributed by atoms with Crippen molar-refractivity contribution in [3.05, 3.63) is 0 Å². The number of aliphatic hydroxyl groups excluding tert-OH is 2. The smallest absolute Gasteiger partial charge is 0.306 e. The zero-order valence-corrected chi connectivity index (χ0v) is 38.2. The Morgan fingerprint density at radius 3 is 2.32 bits per heavy atom. The first-order chi connectivity index (χ1) is 27.9. The fourth-order valence-corrected chi connectivity index (χ4v) is 20.0. The molecule has 8 aliphatic carbocycles. The topological polar surface area (TPSA) is 107 Å². The largest absolute Gasteiger partial charge is 0.462 e. The molecule has 7 nitrogen and oxygen atoms in total. The number of ether oxygens (including phenoxy) is 1. The Morgan fingerprint density at radius 2 is 1.53 bits per heavy atom. The molecule has 0 radical (unpaired) electrons. The van der Waals surface area contributed by atoms with Crippen molar-refractivity contribution < 1.29 is 29.6 Å². The third kappa shape index (κ3) is 6.18. The van der Waals surface area contributed by atoms with Crippen LogP contribution in [0.4, 0.5) is 0 Å². The minimum absolute atomic E-state index is 0.0173. The number of aliphatic hydroxyl groups is 3. The van der Waals surface area contributed by atoms with Crippen LogP contribution in [0, 0.1) is 98.6 Å². The number of hydrogen-bond acceptors (Lipinski definition) is 7. The summed E-state index contributed by atoms with van der Waals surface area (Å²) < 4.78 is 6.32. The van der Waals surface area contributed by atoms with Crippen molar-refractivity contribution in [2.24, 2.45) is 98.6 Å². The number of piperidine rings is 2. The van der Waals surface area contributed by atoms with Crippen LogP contribution in [0.25, 0.3) is 0 Å². The molecule has 0 aromatic rings. The van der Waals surface area contributed by atoms with Crippen molar-refractivity contribution in [2.75, 3.05) is 13.1 Å². The van der Waals surface area contributed by atoms with Gasteiger partial charge in [-0.05, 0) is 209 Å². The van der Waals surface area contributed by atoms with E-state index in [9.17, 15) is 24.9 Å². The Morgan fingerprint density at radius 1 is 0.763 bits per heavy atom. The van der Waals surface area contributed by atoms with Gasteiger partial charge in [-0.25, -0.2) is 0 Å². The third-order valence-electron chi connectivity index (χ3n) is 23.0. The Balaban J connectivity index is 0.761. The van der Waals surface area contributed by atoms with E-state index in [0.29, 0.717) is 102 Å². The summed E-state index contributed by atoms with van der Waals surface area (Å²) >= 11 is 0. The van der Waals surface area contributed by atoms with Crippen LogP contribution in [-0.2, 0) is 14.3 Å². The molecule has 7 heteroatoms. The van der Waals surface area contributed by atoms with Crippen LogP contribution in [0.3, 0.4) is 0 Å². The van der Waals surface area contributed by atoms with E-state index in [1.807, 2.05) is 0 Å². The number of esters is 1. The lowest BCUT2D eigenvalue weighted by atomic mass is 9.38. The third-order valence-corrected chi connectivity index (χ3v) is 23.0. The minimum atomic E-state index is -0.626. The molecule has 0 bridgehead atoms. The molecule has 332 valence electrons. The highest BCUT2D eigenvalue weighted by molar-refractivity contribution is 5.83. The van der Waals surface area contributed by atoms with E-state index < -0.39 is 5.60 Å². The molecule has 3 N–H and O–H groups in total. The molecule has 10 rings (SSSR count). The molecular formula is C52H83NO6. The van der Waals surface area contributed by atoms with Crippen LogP contribution in [0.2, 0.25) is 0 Å². The molecule has 10 aliphatic rings. The molecule has 59 heavy (non-hydrogen) atoms. The molecule has 1 unspecified atom stereocenters. The van der Waals surface area contributed by atoms with Gasteiger partial charge >= 0.3 is 5.97 Å². The average molecular weight is 818 g/mol. The second kappa shape index (κ2) is 14.5. The molecule has 2 heterocycles. The molecule has 0 spiro atoms. The Kier molecular flexibility index (Phi) is 10.3. The van der Waals surface area contributed by atoms with Crippen molar-refractivity contribution in [3.63, 3.8) is 0 Å². The van der Waals surface area contributed by atoms with Crippen LogP contribution in [0.15, 0.2) is 0 Å². The molecule has 0 amide bonds. The van der Waals surface area contributed by atoms with Gasteiger partial charge in [0.2, 0.25) is 0 Å². The van der Waals surface area contributed by atoms with Gasteiger partial charge in [-0.2, -0.15) is 0 Å². The molecule has 8 saturated carbocycles. The molecule has 2 saturated heterocycles. The maximum Gasteiger partial charge on any atom is 0.306 e. The highest BCUT2D eigenvalue weighted by atomic mass is 16.5. The zero-order valence-electron chi connectivity index (χ0n) is 38.2. The van der Waals surface area contributed by atoms with E-state index in [1.54, 1.807) is 0 Å². The second-order valence-corrected chi connectivity index (χ2v) is 25.3. The van der Waals surface area contributed by atoms with E-state index in [4.69, 9.17) is 4.74 Å². The van der Waals surface area contributed by atoms with Gasteiger partial charge in [-0.3, -0.25) is 14.5 Å². The Bertz CT molecular complexity index is 1650. The molecule has 10 fully saturated rings. The van der Waals surface area contributed by atoms with Gasteiger partial charge in [0.1, 0.15) is 11.9 Å². The van der Waals surface area contributed by atoms with Crippen molar-refractivity contribution in [2.45, 2.75) is 200 Å². The number of nitrogens with zero attached hydrogens (tertiary/aromatic N) is 1. The monoisotopic (exact) mass is 818 g/mol. The van der Waals surface area contributed by atoms with Crippen LogP contribution < -0.4 is 0 Å². The SMILES string of the molecule is C[C@H]1CC[C@@H]2N(C1)C[C@H]1[C@@H]3CC4[C@@H](CC(=O)[C@H]5C[C@@H](OC(=O)CC[C@@H](C)[C@H]6CC[C@H]7[C@]8(C)CC[C@@H]9C[C@H](O)CC[C@]9(C)[C@H]8C[C@H](O)[C@]67C)CC[C@]45C)[C@@H]3CC[C@@H]1[C@]2(C)O. The van der Waals surface area contributed by atoms with Gasteiger partial charge in [-0.1, -0.05) is 41.5 Å². The standard InChI is InChI=1S/C52H83NO6/c1-29-8-14-45-52(7,58)39-11-10-34-35(37(39)28-53(45)27-29)24-40-36(34)25-42(55)41-23-33(18-21-49(40,41)4)59-47(57)15-9-30(2)38-12-13-43-50(5)19-16-31-22-32(54)17-20-48(31,3)44(50)26-46(56)51(38,43)6/h29-41,43-46,54,56,58H,8-28H2,1-7H3/t29-,30+,31+,32+,33-,34+,35+,36-,37-,38+,39-,40?,41+,43-,44+,45-,46-,48-,49+,50-,51+,52-/m0/s1. The first kappa shape index (κ1) is 42.0. The average Bonchev–Trinajstić information content (AvgIpc) is 3.76. The minimum Gasteiger partial charge on any atom is -0.462 e. The first-order valence-corrected chi connectivity index (χ1v) is 25.4. The van der Waals surface area contributed by atoms with Gasteiger partial charge in [0.15, 0.2) is 0 Å². The van der Waals surface area contributed by atoms with Crippen molar-refractivity contribution in [1.82, 2.24) is 4.90 Å². The van der Waals surface area contributed by atoms with Gasteiger partial charge < -0.3 is 20.1 Å². The number of carbonyl (C=O) groups excluding carboxylic acids is 2. The molecule has 0 aromatic heterocycles. The number of carbonyl (C=O) groups is 2. The van der Waals surface area contributed by atoms with Crippen LogP contribution in [0.5, 0.6) is 0 Å². The maximum absolute atomic E-state index is 14.2. The van der Waals surface area contributed by atoms with Crippen molar-refractivity contribution >= 4 is 11.8 Å². The van der Waals surface area contributed by atoms with Crippen LogP contribution in [-0.4, -0.2) is 75.0 Å². The quantitative estimate of drug-likeness (QED) is 0.238. The summed E-state index contributed by atoms with van der Waals surface area (Å²) in [6.45, 7) is 19.0. The van der Waals surface area contributed by atoms with E-state index in [-0.39, 0.29) is 51.9 Å². The van der Waals surface area contributed by atoms with Gasteiger partial charge in [-0.15, -0.1) is 0 Å². The number of hydrogen-bond donors (Lipinski definition) is 3. The molecular weight excluding hydrogens is 735 g/mol. The summed E-state index contributed by atoms with van der Waals surface area (Å²) in [7, 11) is 0. The first-order valence-electron chi connectivity index (χ1n) is 25.4.